The molecule has 0 unspecified atom stereocenters. The summed E-state index contributed by atoms with van der Waals surface area (Å²) in [5.74, 6) is -2.83. The Hall–Kier alpha value is -1.43. The lowest BCUT2D eigenvalue weighted by Gasteiger charge is -2.08. The Morgan fingerprint density at radius 1 is 1.10 bits per heavy atom. The molecule has 3 nitrogen and oxygen atoms in total. The first-order valence-corrected chi connectivity index (χ1v) is 6.29. The number of amides is 1. The molecule has 2 aromatic rings. The van der Waals surface area contributed by atoms with Gasteiger partial charge in [-0.25, -0.2) is 13.8 Å². The van der Waals surface area contributed by atoms with Crippen LogP contribution in [0.25, 0.3) is 0 Å². The third-order valence-electron chi connectivity index (χ3n) is 2.31. The second-order valence-corrected chi connectivity index (χ2v) is 4.83. The number of carbonyl (C=O) groups excluding carboxylic acids is 1. The molecule has 1 N–H and O–H groups in total. The Morgan fingerprint density at radius 3 is 2.45 bits per heavy atom. The molecule has 0 radical (unpaired) electrons. The van der Waals surface area contributed by atoms with Crippen LogP contribution in [0.4, 0.5) is 14.5 Å². The predicted molar refractivity (Wildman–Crippen MR) is 73.6 cm³/mol. The lowest BCUT2D eigenvalue weighted by molar-refractivity contribution is 0.102. The van der Waals surface area contributed by atoms with Crippen molar-refractivity contribution in [2.45, 2.75) is 0 Å². The van der Waals surface area contributed by atoms with E-state index < -0.39 is 17.5 Å². The minimum Gasteiger partial charge on any atom is -0.321 e. The quantitative estimate of drug-likeness (QED) is 0.872. The van der Waals surface area contributed by atoms with Crippen LogP contribution in [0.1, 0.15) is 10.5 Å². The van der Waals surface area contributed by atoms with E-state index in [9.17, 15) is 13.6 Å². The van der Waals surface area contributed by atoms with Crippen molar-refractivity contribution in [3.8, 4) is 0 Å². The Labute approximate surface area is 127 Å². The average molecular weight is 338 g/mol. The zero-order chi connectivity index (χ0) is 14.9. The zero-order valence-corrected chi connectivity index (χ0v) is 11.8. The van der Waals surface area contributed by atoms with Crippen LogP contribution >= 0.6 is 34.8 Å². The van der Waals surface area contributed by atoms with E-state index >= 15 is 0 Å². The number of hydrogen-bond acceptors (Lipinski definition) is 2. The van der Waals surface area contributed by atoms with E-state index in [1.165, 1.54) is 6.07 Å². The van der Waals surface area contributed by atoms with Crippen LogP contribution < -0.4 is 5.32 Å². The minimum atomic E-state index is -1.09. The molecule has 1 aromatic heterocycles. The molecule has 0 aliphatic carbocycles. The summed E-state index contributed by atoms with van der Waals surface area (Å²) in [7, 11) is 0. The fourth-order valence-electron chi connectivity index (χ4n) is 1.37. The number of carbonyl (C=O) groups is 1. The van der Waals surface area contributed by atoms with Crippen molar-refractivity contribution < 1.29 is 13.6 Å². The van der Waals surface area contributed by atoms with E-state index in [1.807, 2.05) is 0 Å². The Balaban J connectivity index is 2.28. The van der Waals surface area contributed by atoms with E-state index in [0.29, 0.717) is 0 Å². The molecule has 1 amide bonds. The Morgan fingerprint density at radius 2 is 1.80 bits per heavy atom. The molecule has 0 atom stereocenters. The molecule has 1 heterocycles. The molecule has 0 spiro atoms. The molecule has 1 aromatic carbocycles. The van der Waals surface area contributed by atoms with Crippen LogP contribution in [0.2, 0.25) is 15.1 Å². The van der Waals surface area contributed by atoms with Crippen LogP contribution in [-0.2, 0) is 0 Å². The van der Waals surface area contributed by atoms with Gasteiger partial charge in [-0.15, -0.1) is 0 Å². The van der Waals surface area contributed by atoms with Crippen molar-refractivity contribution in [2.24, 2.45) is 0 Å². The number of nitrogens with one attached hydrogen (secondary N) is 1. The van der Waals surface area contributed by atoms with Gasteiger partial charge < -0.3 is 5.32 Å². The molecular formula is C12H5Cl3F2N2O. The van der Waals surface area contributed by atoms with E-state index in [0.717, 1.165) is 18.3 Å². The van der Waals surface area contributed by atoms with Gasteiger partial charge in [-0.05, 0) is 12.1 Å². The summed E-state index contributed by atoms with van der Waals surface area (Å²) < 4.78 is 25.8. The maximum Gasteiger partial charge on any atom is 0.275 e. The normalized spacial score (nSPS) is 10.4. The predicted octanol–water partition coefficient (Wildman–Crippen LogP) is 4.57. The fraction of sp³-hybridized carbons (Fsp3) is 0. The van der Waals surface area contributed by atoms with Crippen LogP contribution in [0.15, 0.2) is 24.4 Å². The average Bonchev–Trinajstić information content (AvgIpc) is 2.40. The molecule has 0 aliphatic rings. The Kier molecular flexibility index (Phi) is 4.42. The summed E-state index contributed by atoms with van der Waals surface area (Å²) in [5.41, 5.74) is -0.122. The van der Waals surface area contributed by atoms with Crippen molar-refractivity contribution in [1.82, 2.24) is 4.98 Å². The number of benzene rings is 1. The molecule has 0 bridgehead atoms. The SMILES string of the molecule is O=C(Nc1ccc(F)c(F)c1)c1ncc(Cl)c(Cl)c1Cl. The molecule has 104 valence electrons. The van der Waals surface area contributed by atoms with E-state index in [4.69, 9.17) is 34.8 Å². The van der Waals surface area contributed by atoms with E-state index in [2.05, 4.69) is 10.3 Å². The van der Waals surface area contributed by atoms with Gasteiger partial charge in [0.05, 0.1) is 15.1 Å². The summed E-state index contributed by atoms with van der Waals surface area (Å²) in [6.45, 7) is 0. The zero-order valence-electron chi connectivity index (χ0n) is 9.55. The van der Waals surface area contributed by atoms with Crippen molar-refractivity contribution in [3.63, 3.8) is 0 Å². The van der Waals surface area contributed by atoms with Crippen molar-refractivity contribution >= 4 is 46.4 Å². The van der Waals surface area contributed by atoms with Crippen LogP contribution in [0, 0.1) is 11.6 Å². The summed E-state index contributed by atoms with van der Waals surface area (Å²) in [6.07, 6.45) is 1.16. The number of halogens is 5. The fourth-order valence-corrected chi connectivity index (χ4v) is 1.93. The smallest absolute Gasteiger partial charge is 0.275 e. The molecule has 0 saturated heterocycles. The highest BCUT2D eigenvalue weighted by molar-refractivity contribution is 6.49. The van der Waals surface area contributed by atoms with Gasteiger partial charge in [0.25, 0.3) is 5.91 Å². The largest absolute Gasteiger partial charge is 0.321 e. The maximum atomic E-state index is 13.0. The standard InChI is InChI=1S/C12H5Cl3F2N2O/c13-6-4-18-11(10(15)9(6)14)12(20)19-5-1-2-7(16)8(17)3-5/h1-4H,(H,19,20). The van der Waals surface area contributed by atoms with Gasteiger partial charge in [-0.3, -0.25) is 4.79 Å². The number of anilines is 1. The van der Waals surface area contributed by atoms with Gasteiger partial charge in [-0.2, -0.15) is 0 Å². The molecular weight excluding hydrogens is 332 g/mol. The second-order valence-electron chi connectivity index (χ2n) is 3.67. The van der Waals surface area contributed by atoms with Gasteiger partial charge in [0.2, 0.25) is 0 Å². The first-order chi connectivity index (χ1) is 9.40. The van der Waals surface area contributed by atoms with Crippen molar-refractivity contribution in [2.75, 3.05) is 5.32 Å². The highest BCUT2D eigenvalue weighted by Crippen LogP contribution is 2.31. The summed E-state index contributed by atoms with van der Waals surface area (Å²) in [6, 6.07) is 2.91. The highest BCUT2D eigenvalue weighted by Gasteiger charge is 2.17. The third-order valence-corrected chi connectivity index (χ3v) is 3.55. The van der Waals surface area contributed by atoms with Crippen molar-refractivity contribution in [1.29, 1.82) is 0 Å². The highest BCUT2D eigenvalue weighted by atomic mass is 35.5. The number of aromatic nitrogens is 1. The second kappa shape index (κ2) is 5.91. The number of nitrogens with zero attached hydrogens (tertiary/aromatic N) is 1. The van der Waals surface area contributed by atoms with E-state index in [1.54, 1.807) is 0 Å². The molecule has 8 heteroatoms. The summed E-state index contributed by atoms with van der Waals surface area (Å²) in [5, 5.41) is 2.28. The molecule has 0 aliphatic heterocycles. The lowest BCUT2D eigenvalue weighted by Crippen LogP contribution is -2.14. The number of pyridine rings is 1. The first-order valence-electron chi connectivity index (χ1n) is 5.16. The summed E-state index contributed by atoms with van der Waals surface area (Å²) in [4.78, 5) is 15.7. The van der Waals surface area contributed by atoms with Gasteiger partial charge >= 0.3 is 0 Å². The van der Waals surface area contributed by atoms with Crippen LogP contribution in [0.5, 0.6) is 0 Å². The van der Waals surface area contributed by atoms with Gasteiger partial charge in [-0.1, -0.05) is 34.8 Å². The molecule has 2 rings (SSSR count). The van der Waals surface area contributed by atoms with Crippen LogP contribution in [-0.4, -0.2) is 10.9 Å². The summed E-state index contributed by atoms with van der Waals surface area (Å²) >= 11 is 17.3. The van der Waals surface area contributed by atoms with E-state index in [-0.39, 0.29) is 26.4 Å². The van der Waals surface area contributed by atoms with Crippen LogP contribution in [0.3, 0.4) is 0 Å². The third kappa shape index (κ3) is 3.00. The number of rotatable bonds is 2. The maximum absolute atomic E-state index is 13.0. The molecule has 20 heavy (non-hydrogen) atoms. The molecule has 0 fully saturated rings. The van der Waals surface area contributed by atoms with Gasteiger partial charge in [0.1, 0.15) is 5.69 Å². The Bertz CT molecular complexity index is 695. The van der Waals surface area contributed by atoms with Crippen molar-refractivity contribution in [3.05, 3.63) is 56.8 Å². The molecule has 0 saturated carbocycles. The minimum absolute atomic E-state index is 0.0150. The first kappa shape index (κ1) is 15.0. The lowest BCUT2D eigenvalue weighted by atomic mass is 10.2. The topological polar surface area (TPSA) is 42.0 Å². The number of hydrogen-bond donors (Lipinski definition) is 1. The van der Waals surface area contributed by atoms with Gasteiger partial charge in [0, 0.05) is 18.0 Å². The monoisotopic (exact) mass is 336 g/mol. The van der Waals surface area contributed by atoms with Gasteiger partial charge in [0.15, 0.2) is 11.6 Å².